The molecule has 2 aromatic rings. The first kappa shape index (κ1) is 19.6. The SMILES string of the molecule is C[C@@H]1CN(c2ccc(C#N)c(Br)c2)[C@@H](C)CN1C(=O)Nc1cnc(C2CC2)nc1. The molecule has 1 aliphatic heterocycles. The van der Waals surface area contributed by atoms with Crippen LogP contribution in [0, 0.1) is 11.3 Å². The largest absolute Gasteiger partial charge is 0.365 e. The Balaban J connectivity index is 1.42. The fraction of sp³-hybridized carbons (Fsp3) is 0.429. The molecule has 0 unspecified atom stereocenters. The molecule has 1 saturated carbocycles. The van der Waals surface area contributed by atoms with E-state index in [0.717, 1.165) is 28.8 Å². The number of amides is 2. The van der Waals surface area contributed by atoms with Crippen molar-refractivity contribution >= 4 is 33.3 Å². The maximum atomic E-state index is 12.8. The van der Waals surface area contributed by atoms with Gasteiger partial charge < -0.3 is 15.1 Å². The summed E-state index contributed by atoms with van der Waals surface area (Å²) in [6.07, 6.45) is 5.69. The van der Waals surface area contributed by atoms with Crippen LogP contribution in [-0.4, -0.2) is 46.1 Å². The van der Waals surface area contributed by atoms with Crippen molar-refractivity contribution in [3.8, 4) is 6.07 Å². The number of hydrogen-bond donors (Lipinski definition) is 1. The maximum Gasteiger partial charge on any atom is 0.322 e. The molecule has 0 spiro atoms. The number of nitriles is 1. The number of carbonyl (C=O) groups excluding carboxylic acids is 1. The minimum Gasteiger partial charge on any atom is -0.365 e. The fourth-order valence-corrected chi connectivity index (χ4v) is 4.15. The quantitative estimate of drug-likeness (QED) is 0.753. The predicted octanol–water partition coefficient (Wildman–Crippen LogP) is 4.12. The highest BCUT2D eigenvalue weighted by Crippen LogP contribution is 2.37. The first-order valence-electron chi connectivity index (χ1n) is 9.82. The number of urea groups is 1. The molecule has 2 aliphatic rings. The van der Waals surface area contributed by atoms with Crippen LogP contribution in [0.25, 0.3) is 0 Å². The van der Waals surface area contributed by atoms with Crippen molar-refractivity contribution in [2.45, 2.75) is 44.7 Å². The molecule has 1 aromatic heterocycles. The Morgan fingerprint density at radius 2 is 1.93 bits per heavy atom. The molecule has 1 saturated heterocycles. The Morgan fingerprint density at radius 1 is 1.21 bits per heavy atom. The number of anilines is 2. The van der Waals surface area contributed by atoms with Crippen LogP contribution >= 0.6 is 15.9 Å². The van der Waals surface area contributed by atoms with E-state index in [2.05, 4.69) is 49.1 Å². The lowest BCUT2D eigenvalue weighted by atomic mass is 10.1. The summed E-state index contributed by atoms with van der Waals surface area (Å²) in [6, 6.07) is 7.96. The summed E-state index contributed by atoms with van der Waals surface area (Å²) in [6.45, 7) is 5.46. The summed E-state index contributed by atoms with van der Waals surface area (Å²) >= 11 is 3.46. The lowest BCUT2D eigenvalue weighted by Crippen LogP contribution is -2.59. The molecule has 0 bridgehead atoms. The van der Waals surface area contributed by atoms with Gasteiger partial charge >= 0.3 is 6.03 Å². The van der Waals surface area contributed by atoms with Gasteiger partial charge in [-0.15, -0.1) is 0 Å². The summed E-state index contributed by atoms with van der Waals surface area (Å²) in [5, 5.41) is 12.1. The van der Waals surface area contributed by atoms with Gasteiger partial charge in [-0.25, -0.2) is 14.8 Å². The molecule has 4 rings (SSSR count). The molecule has 150 valence electrons. The number of aromatic nitrogens is 2. The zero-order chi connectivity index (χ0) is 20.5. The maximum absolute atomic E-state index is 12.8. The average molecular weight is 455 g/mol. The number of nitrogens with zero attached hydrogens (tertiary/aromatic N) is 5. The minimum atomic E-state index is -0.132. The van der Waals surface area contributed by atoms with Crippen LogP contribution < -0.4 is 10.2 Å². The van der Waals surface area contributed by atoms with Crippen LogP contribution in [0.5, 0.6) is 0 Å². The fourth-order valence-electron chi connectivity index (χ4n) is 3.69. The second kappa shape index (κ2) is 7.99. The van der Waals surface area contributed by atoms with Crippen molar-refractivity contribution in [1.29, 1.82) is 5.26 Å². The third-order valence-corrected chi connectivity index (χ3v) is 6.17. The van der Waals surface area contributed by atoms with Gasteiger partial charge in [-0.05, 0) is 60.8 Å². The molecular formula is C21H23BrN6O. The highest BCUT2D eigenvalue weighted by Gasteiger charge is 2.32. The third-order valence-electron chi connectivity index (χ3n) is 5.52. The van der Waals surface area contributed by atoms with Crippen molar-refractivity contribution in [2.75, 3.05) is 23.3 Å². The Kier molecular flexibility index (Phi) is 5.41. The van der Waals surface area contributed by atoms with E-state index in [1.54, 1.807) is 12.4 Å². The van der Waals surface area contributed by atoms with E-state index < -0.39 is 0 Å². The van der Waals surface area contributed by atoms with Gasteiger partial charge in [0.2, 0.25) is 0 Å². The number of halogens is 1. The Hall–Kier alpha value is -2.66. The molecule has 2 amide bonds. The number of carbonyl (C=O) groups is 1. The zero-order valence-corrected chi connectivity index (χ0v) is 18.1. The van der Waals surface area contributed by atoms with Gasteiger partial charge in [0.05, 0.1) is 23.6 Å². The van der Waals surface area contributed by atoms with Gasteiger partial charge in [0.25, 0.3) is 0 Å². The summed E-state index contributed by atoms with van der Waals surface area (Å²) in [5.41, 5.74) is 2.28. The highest BCUT2D eigenvalue weighted by atomic mass is 79.9. The van der Waals surface area contributed by atoms with Gasteiger partial charge in [-0.1, -0.05) is 0 Å². The van der Waals surface area contributed by atoms with Gasteiger partial charge in [-0.2, -0.15) is 5.26 Å². The van der Waals surface area contributed by atoms with Crippen LogP contribution in [0.1, 0.15) is 44.0 Å². The normalized spacial score (nSPS) is 21.6. The van der Waals surface area contributed by atoms with Crippen molar-refractivity contribution < 1.29 is 4.79 Å². The van der Waals surface area contributed by atoms with E-state index in [1.807, 2.05) is 30.0 Å². The predicted molar refractivity (Wildman–Crippen MR) is 115 cm³/mol. The lowest BCUT2D eigenvalue weighted by molar-refractivity contribution is 0.173. The standard InChI is InChI=1S/C21H23BrN6O/c1-13-12-28(21(29)26-17-9-24-20(25-10-17)15-3-4-15)14(2)11-27(13)18-6-5-16(8-23)19(22)7-18/h5-7,9-10,13-15H,3-4,11-12H2,1-2H3,(H,26,29)/t13-,14+/m0/s1. The Labute approximate surface area is 178 Å². The van der Waals surface area contributed by atoms with Crippen LogP contribution in [0.15, 0.2) is 35.1 Å². The van der Waals surface area contributed by atoms with Gasteiger partial charge in [0, 0.05) is 41.3 Å². The molecule has 2 atom stereocenters. The molecule has 29 heavy (non-hydrogen) atoms. The van der Waals surface area contributed by atoms with Gasteiger partial charge in [0.1, 0.15) is 11.9 Å². The molecule has 1 aliphatic carbocycles. The van der Waals surface area contributed by atoms with Crippen LogP contribution in [0.2, 0.25) is 0 Å². The minimum absolute atomic E-state index is 0.0345. The topological polar surface area (TPSA) is 85.2 Å². The van der Waals surface area contributed by atoms with E-state index in [4.69, 9.17) is 5.26 Å². The second-order valence-electron chi connectivity index (χ2n) is 7.81. The van der Waals surface area contributed by atoms with Crippen LogP contribution in [-0.2, 0) is 0 Å². The molecule has 1 N–H and O–H groups in total. The summed E-state index contributed by atoms with van der Waals surface area (Å²) in [5.74, 6) is 1.36. The lowest BCUT2D eigenvalue weighted by Gasteiger charge is -2.45. The van der Waals surface area contributed by atoms with Crippen LogP contribution in [0.3, 0.4) is 0 Å². The molecule has 7 nitrogen and oxygen atoms in total. The third kappa shape index (κ3) is 4.20. The first-order valence-corrected chi connectivity index (χ1v) is 10.6. The Morgan fingerprint density at radius 3 is 2.55 bits per heavy atom. The molecule has 2 heterocycles. The van der Waals surface area contributed by atoms with Crippen molar-refractivity contribution in [3.05, 3.63) is 46.5 Å². The second-order valence-corrected chi connectivity index (χ2v) is 8.67. The zero-order valence-electron chi connectivity index (χ0n) is 16.5. The first-order chi connectivity index (χ1) is 14.0. The number of hydrogen-bond acceptors (Lipinski definition) is 5. The molecular weight excluding hydrogens is 432 g/mol. The summed E-state index contributed by atoms with van der Waals surface area (Å²) in [4.78, 5) is 25.7. The van der Waals surface area contributed by atoms with Gasteiger partial charge in [-0.3, -0.25) is 0 Å². The monoisotopic (exact) mass is 454 g/mol. The van der Waals surface area contributed by atoms with E-state index in [1.165, 1.54) is 0 Å². The summed E-state index contributed by atoms with van der Waals surface area (Å²) < 4.78 is 0.784. The average Bonchev–Trinajstić information content (AvgIpc) is 3.55. The molecule has 1 aromatic carbocycles. The Bertz CT molecular complexity index is 953. The van der Waals surface area contributed by atoms with E-state index in [-0.39, 0.29) is 18.1 Å². The number of rotatable bonds is 3. The van der Waals surface area contributed by atoms with Gasteiger partial charge in [0.15, 0.2) is 0 Å². The molecule has 2 fully saturated rings. The number of benzene rings is 1. The smallest absolute Gasteiger partial charge is 0.322 e. The van der Waals surface area contributed by atoms with E-state index in [0.29, 0.717) is 30.3 Å². The van der Waals surface area contributed by atoms with Crippen molar-refractivity contribution in [2.24, 2.45) is 0 Å². The number of piperazine rings is 1. The highest BCUT2D eigenvalue weighted by molar-refractivity contribution is 9.10. The van der Waals surface area contributed by atoms with E-state index in [9.17, 15) is 4.79 Å². The summed E-state index contributed by atoms with van der Waals surface area (Å²) in [7, 11) is 0. The molecule has 0 radical (unpaired) electrons. The van der Waals surface area contributed by atoms with Crippen molar-refractivity contribution in [1.82, 2.24) is 14.9 Å². The van der Waals surface area contributed by atoms with Crippen LogP contribution in [0.4, 0.5) is 16.2 Å². The molecule has 8 heteroatoms. The van der Waals surface area contributed by atoms with Crippen molar-refractivity contribution in [3.63, 3.8) is 0 Å². The van der Waals surface area contributed by atoms with E-state index >= 15 is 0 Å². The number of nitrogens with one attached hydrogen (secondary N) is 1.